The summed E-state index contributed by atoms with van der Waals surface area (Å²) < 4.78 is 11.0. The van der Waals surface area contributed by atoms with Crippen molar-refractivity contribution in [2.45, 2.75) is 0 Å². The number of ether oxygens (including phenoxy) is 2. The Bertz CT molecular complexity index is 632. The molecule has 1 amide bonds. The summed E-state index contributed by atoms with van der Waals surface area (Å²) in [6.45, 7) is 0. The number of halogens is 1. The predicted molar refractivity (Wildman–Crippen MR) is 79.4 cm³/mol. The highest BCUT2D eigenvalue weighted by Gasteiger charge is 2.17. The number of methoxy groups -OCH3 is 2. The Labute approximate surface area is 125 Å². The number of aromatic nitrogens is 1. The highest BCUT2D eigenvalue weighted by Crippen LogP contribution is 2.31. The second-order valence-corrected chi connectivity index (χ2v) is 4.59. The Morgan fingerprint density at radius 3 is 2.65 bits per heavy atom. The van der Waals surface area contributed by atoms with Crippen LogP contribution in [0.15, 0.2) is 41.1 Å². The minimum atomic E-state index is -0.297. The van der Waals surface area contributed by atoms with E-state index in [1.165, 1.54) is 14.2 Å². The van der Waals surface area contributed by atoms with E-state index in [1.54, 1.807) is 36.5 Å². The summed E-state index contributed by atoms with van der Waals surface area (Å²) in [5.41, 5.74) is 0.977. The molecule has 0 aliphatic heterocycles. The number of anilines is 1. The Morgan fingerprint density at radius 2 is 2.00 bits per heavy atom. The van der Waals surface area contributed by atoms with Gasteiger partial charge in [-0.05, 0) is 40.2 Å². The molecule has 0 unspecified atom stereocenters. The lowest BCUT2D eigenvalue weighted by molar-refractivity contribution is 0.102. The van der Waals surface area contributed by atoms with E-state index in [0.717, 1.165) is 0 Å². The molecule has 0 fully saturated rings. The molecule has 2 rings (SSSR count). The van der Waals surface area contributed by atoms with Gasteiger partial charge in [0.1, 0.15) is 4.60 Å². The lowest BCUT2D eigenvalue weighted by atomic mass is 10.1. The third kappa shape index (κ3) is 2.91. The molecular formula is C14H13BrN2O3. The van der Waals surface area contributed by atoms with E-state index in [9.17, 15) is 4.79 Å². The summed E-state index contributed by atoms with van der Waals surface area (Å²) in [6.07, 6.45) is 1.63. The molecule has 0 bridgehead atoms. The SMILES string of the molecule is COc1cccc(C(=O)Nc2cccnc2Br)c1OC. The van der Waals surface area contributed by atoms with Gasteiger partial charge in [-0.1, -0.05) is 6.07 Å². The van der Waals surface area contributed by atoms with Gasteiger partial charge in [-0.25, -0.2) is 4.98 Å². The number of nitrogens with one attached hydrogen (secondary N) is 1. The van der Waals surface area contributed by atoms with Gasteiger partial charge in [0.05, 0.1) is 25.5 Å². The molecule has 0 radical (unpaired) electrons. The van der Waals surface area contributed by atoms with Crippen LogP contribution < -0.4 is 14.8 Å². The van der Waals surface area contributed by atoms with Gasteiger partial charge in [0, 0.05) is 6.20 Å². The second kappa shape index (κ2) is 6.38. The second-order valence-electron chi connectivity index (χ2n) is 3.84. The number of nitrogens with zero attached hydrogens (tertiary/aromatic N) is 1. The highest BCUT2D eigenvalue weighted by atomic mass is 79.9. The van der Waals surface area contributed by atoms with Crippen molar-refractivity contribution in [3.8, 4) is 11.5 Å². The number of rotatable bonds is 4. The number of pyridine rings is 1. The molecule has 6 heteroatoms. The van der Waals surface area contributed by atoms with Crippen LogP contribution in [0, 0.1) is 0 Å². The number of para-hydroxylation sites is 1. The predicted octanol–water partition coefficient (Wildman–Crippen LogP) is 3.11. The van der Waals surface area contributed by atoms with Crippen molar-refractivity contribution in [2.24, 2.45) is 0 Å². The van der Waals surface area contributed by atoms with Gasteiger partial charge in [-0.2, -0.15) is 0 Å². The topological polar surface area (TPSA) is 60.5 Å². The molecule has 0 spiro atoms. The fraction of sp³-hybridized carbons (Fsp3) is 0.143. The van der Waals surface area contributed by atoms with E-state index in [1.807, 2.05) is 0 Å². The molecule has 20 heavy (non-hydrogen) atoms. The first-order valence-corrected chi connectivity index (χ1v) is 6.59. The molecule has 1 aromatic carbocycles. The number of amides is 1. The van der Waals surface area contributed by atoms with E-state index < -0.39 is 0 Å². The van der Waals surface area contributed by atoms with Crippen LogP contribution >= 0.6 is 15.9 Å². The van der Waals surface area contributed by atoms with Crippen molar-refractivity contribution in [1.29, 1.82) is 0 Å². The third-order valence-electron chi connectivity index (χ3n) is 2.65. The summed E-state index contributed by atoms with van der Waals surface area (Å²) in [6, 6.07) is 8.62. The van der Waals surface area contributed by atoms with Crippen LogP contribution in [0.1, 0.15) is 10.4 Å². The van der Waals surface area contributed by atoms with Gasteiger partial charge in [0.25, 0.3) is 5.91 Å². The molecule has 5 nitrogen and oxygen atoms in total. The third-order valence-corrected chi connectivity index (χ3v) is 3.29. The van der Waals surface area contributed by atoms with Crippen LogP contribution in [0.2, 0.25) is 0 Å². The lowest BCUT2D eigenvalue weighted by Gasteiger charge is -2.12. The van der Waals surface area contributed by atoms with Crippen molar-refractivity contribution in [3.63, 3.8) is 0 Å². The van der Waals surface area contributed by atoms with Crippen molar-refractivity contribution < 1.29 is 14.3 Å². The number of hydrogen-bond donors (Lipinski definition) is 1. The molecule has 0 aliphatic carbocycles. The molecule has 1 aromatic heterocycles. The minimum Gasteiger partial charge on any atom is -0.493 e. The van der Waals surface area contributed by atoms with Crippen LogP contribution in [0.3, 0.4) is 0 Å². The standard InChI is InChI=1S/C14H13BrN2O3/c1-19-11-7-3-5-9(12(11)20-2)14(18)17-10-6-4-8-16-13(10)15/h3-8H,1-2H3,(H,17,18). The summed E-state index contributed by atoms with van der Waals surface area (Å²) in [7, 11) is 3.02. The maximum absolute atomic E-state index is 12.3. The van der Waals surface area contributed by atoms with Crippen LogP contribution in [-0.2, 0) is 0 Å². The normalized spacial score (nSPS) is 9.95. The molecule has 0 saturated carbocycles. The quantitative estimate of drug-likeness (QED) is 0.871. The van der Waals surface area contributed by atoms with E-state index in [4.69, 9.17) is 9.47 Å². The van der Waals surface area contributed by atoms with Crippen LogP contribution in [0.25, 0.3) is 0 Å². The monoisotopic (exact) mass is 336 g/mol. The summed E-state index contributed by atoms with van der Waals surface area (Å²) in [4.78, 5) is 16.4. The zero-order valence-electron chi connectivity index (χ0n) is 11.0. The molecule has 0 atom stereocenters. The number of benzene rings is 1. The zero-order valence-corrected chi connectivity index (χ0v) is 12.6. The van der Waals surface area contributed by atoms with Gasteiger partial charge in [-0.15, -0.1) is 0 Å². The maximum atomic E-state index is 12.3. The van der Waals surface area contributed by atoms with E-state index in [2.05, 4.69) is 26.2 Å². The van der Waals surface area contributed by atoms with Gasteiger partial charge in [0.15, 0.2) is 11.5 Å². The first-order chi connectivity index (χ1) is 9.67. The molecule has 1 N–H and O–H groups in total. The first-order valence-electron chi connectivity index (χ1n) is 5.80. The average Bonchev–Trinajstić information content (AvgIpc) is 2.48. The van der Waals surface area contributed by atoms with E-state index in [-0.39, 0.29) is 5.91 Å². The average molecular weight is 337 g/mol. The van der Waals surface area contributed by atoms with Crippen molar-refractivity contribution in [3.05, 3.63) is 46.7 Å². The van der Waals surface area contributed by atoms with Crippen LogP contribution in [-0.4, -0.2) is 25.1 Å². The Balaban J connectivity index is 2.32. The van der Waals surface area contributed by atoms with Crippen molar-refractivity contribution >= 4 is 27.5 Å². The van der Waals surface area contributed by atoms with Gasteiger partial charge in [0.2, 0.25) is 0 Å². The summed E-state index contributed by atoms with van der Waals surface area (Å²) in [5, 5.41) is 2.77. The zero-order chi connectivity index (χ0) is 14.5. The van der Waals surface area contributed by atoms with Gasteiger partial charge >= 0.3 is 0 Å². The Hall–Kier alpha value is -2.08. The van der Waals surface area contributed by atoms with Crippen LogP contribution in [0.5, 0.6) is 11.5 Å². The smallest absolute Gasteiger partial charge is 0.259 e. The first kappa shape index (κ1) is 14.3. The number of hydrogen-bond acceptors (Lipinski definition) is 4. The molecule has 1 heterocycles. The maximum Gasteiger partial charge on any atom is 0.259 e. The van der Waals surface area contributed by atoms with E-state index >= 15 is 0 Å². The molecule has 2 aromatic rings. The van der Waals surface area contributed by atoms with Gasteiger partial charge < -0.3 is 14.8 Å². The molecule has 0 aliphatic rings. The summed E-state index contributed by atoms with van der Waals surface area (Å²) >= 11 is 3.28. The number of carbonyl (C=O) groups excluding carboxylic acids is 1. The van der Waals surface area contributed by atoms with E-state index in [0.29, 0.717) is 27.4 Å². The fourth-order valence-corrected chi connectivity index (χ4v) is 2.08. The number of carbonyl (C=O) groups is 1. The van der Waals surface area contributed by atoms with Crippen LogP contribution in [0.4, 0.5) is 5.69 Å². The Kier molecular flexibility index (Phi) is 4.57. The van der Waals surface area contributed by atoms with Crippen molar-refractivity contribution in [2.75, 3.05) is 19.5 Å². The summed E-state index contributed by atoms with van der Waals surface area (Å²) in [5.74, 6) is 0.604. The van der Waals surface area contributed by atoms with Crippen molar-refractivity contribution in [1.82, 2.24) is 4.98 Å². The minimum absolute atomic E-state index is 0.297. The lowest BCUT2D eigenvalue weighted by Crippen LogP contribution is -2.14. The molecular weight excluding hydrogens is 324 g/mol. The highest BCUT2D eigenvalue weighted by molar-refractivity contribution is 9.10. The molecule has 0 saturated heterocycles. The molecule has 104 valence electrons. The largest absolute Gasteiger partial charge is 0.493 e. The Morgan fingerprint density at radius 1 is 1.20 bits per heavy atom. The van der Waals surface area contributed by atoms with Gasteiger partial charge in [-0.3, -0.25) is 4.79 Å². The fourth-order valence-electron chi connectivity index (χ4n) is 1.73.